The summed E-state index contributed by atoms with van der Waals surface area (Å²) in [5.74, 6) is 1.53. The Morgan fingerprint density at radius 1 is 1.62 bits per heavy atom. The summed E-state index contributed by atoms with van der Waals surface area (Å²) in [7, 11) is 0. The number of hydrogen-bond acceptors (Lipinski definition) is 4. The third-order valence-corrected chi connectivity index (χ3v) is 3.08. The Hall–Kier alpha value is -0.870. The third-order valence-electron chi connectivity index (χ3n) is 3.08. The van der Waals surface area contributed by atoms with Crippen molar-refractivity contribution in [3.8, 4) is 0 Å². The molecule has 1 heterocycles. The fraction of sp³-hybridized carbons (Fsp3) is 0.750. The molecule has 0 saturated heterocycles. The van der Waals surface area contributed by atoms with E-state index in [4.69, 9.17) is 4.42 Å². The molecule has 0 radical (unpaired) electrons. The van der Waals surface area contributed by atoms with Crippen LogP contribution in [0.2, 0.25) is 0 Å². The Kier molecular flexibility index (Phi) is 4.50. The van der Waals surface area contributed by atoms with Crippen LogP contribution in [0.1, 0.15) is 44.9 Å². The molecule has 16 heavy (non-hydrogen) atoms. The highest BCUT2D eigenvalue weighted by atomic mass is 16.4. The van der Waals surface area contributed by atoms with E-state index in [-0.39, 0.29) is 18.1 Å². The van der Waals surface area contributed by atoms with Gasteiger partial charge in [0.05, 0.1) is 12.2 Å². The number of rotatable bonds is 6. The van der Waals surface area contributed by atoms with E-state index in [1.165, 1.54) is 0 Å². The number of oxazole rings is 1. The van der Waals surface area contributed by atoms with Gasteiger partial charge >= 0.3 is 0 Å². The van der Waals surface area contributed by atoms with Crippen molar-refractivity contribution in [2.45, 2.75) is 40.2 Å². The quantitative estimate of drug-likeness (QED) is 0.779. The van der Waals surface area contributed by atoms with E-state index >= 15 is 0 Å². The predicted molar refractivity (Wildman–Crippen MR) is 63.1 cm³/mol. The number of aromatic nitrogens is 1. The van der Waals surface area contributed by atoms with Gasteiger partial charge in [-0.1, -0.05) is 13.8 Å². The summed E-state index contributed by atoms with van der Waals surface area (Å²) in [4.78, 5) is 4.18. The zero-order valence-corrected chi connectivity index (χ0v) is 10.6. The zero-order chi connectivity index (χ0) is 12.2. The average molecular weight is 226 g/mol. The van der Waals surface area contributed by atoms with E-state index in [1.54, 1.807) is 6.20 Å². The molecular weight excluding hydrogens is 204 g/mol. The van der Waals surface area contributed by atoms with Gasteiger partial charge in [-0.05, 0) is 20.3 Å². The lowest BCUT2D eigenvalue weighted by Gasteiger charge is -2.27. The minimum Gasteiger partial charge on any atom is -0.444 e. The van der Waals surface area contributed by atoms with Crippen molar-refractivity contribution in [1.29, 1.82) is 0 Å². The maximum absolute atomic E-state index is 9.29. The number of aliphatic hydroxyl groups excluding tert-OH is 1. The van der Waals surface area contributed by atoms with E-state index in [1.807, 2.05) is 13.8 Å². The summed E-state index contributed by atoms with van der Waals surface area (Å²) >= 11 is 0. The number of aliphatic hydroxyl groups is 1. The molecule has 0 bridgehead atoms. The van der Waals surface area contributed by atoms with Crippen LogP contribution in [0.25, 0.3) is 0 Å². The highest BCUT2D eigenvalue weighted by molar-refractivity contribution is 4.95. The lowest BCUT2D eigenvalue weighted by Crippen LogP contribution is -2.35. The molecule has 0 aliphatic heterocycles. The molecule has 0 saturated carbocycles. The Bertz CT molecular complexity index is 319. The lowest BCUT2D eigenvalue weighted by molar-refractivity contribution is 0.131. The van der Waals surface area contributed by atoms with E-state index in [9.17, 15) is 5.11 Å². The third kappa shape index (κ3) is 3.32. The molecule has 0 spiro atoms. The molecule has 0 aliphatic carbocycles. The van der Waals surface area contributed by atoms with Gasteiger partial charge in [0.25, 0.3) is 0 Å². The topological polar surface area (TPSA) is 58.3 Å². The second-order valence-electron chi connectivity index (χ2n) is 4.73. The Balaban J connectivity index is 2.49. The van der Waals surface area contributed by atoms with Crippen molar-refractivity contribution < 1.29 is 9.52 Å². The van der Waals surface area contributed by atoms with Crippen LogP contribution in [0.5, 0.6) is 0 Å². The van der Waals surface area contributed by atoms with Crippen LogP contribution in [0.15, 0.2) is 10.6 Å². The van der Waals surface area contributed by atoms with Crippen molar-refractivity contribution >= 4 is 0 Å². The van der Waals surface area contributed by atoms with Gasteiger partial charge in [0.2, 0.25) is 5.89 Å². The van der Waals surface area contributed by atoms with Crippen molar-refractivity contribution in [3.05, 3.63) is 17.8 Å². The van der Waals surface area contributed by atoms with Crippen LogP contribution in [0.3, 0.4) is 0 Å². The Morgan fingerprint density at radius 2 is 2.31 bits per heavy atom. The molecule has 2 N–H and O–H groups in total. The van der Waals surface area contributed by atoms with Crippen molar-refractivity contribution in [3.63, 3.8) is 0 Å². The maximum Gasteiger partial charge on any atom is 0.211 e. The molecule has 1 rings (SSSR count). The van der Waals surface area contributed by atoms with Crippen molar-refractivity contribution in [2.75, 3.05) is 13.2 Å². The average Bonchev–Trinajstić information content (AvgIpc) is 2.72. The van der Waals surface area contributed by atoms with Gasteiger partial charge < -0.3 is 14.8 Å². The molecule has 2 unspecified atom stereocenters. The summed E-state index contributed by atoms with van der Waals surface area (Å²) in [5.41, 5.74) is -0.0735. The molecule has 0 fully saturated rings. The van der Waals surface area contributed by atoms with E-state index in [2.05, 4.69) is 24.1 Å². The summed E-state index contributed by atoms with van der Waals surface area (Å²) in [5, 5.41) is 12.6. The van der Waals surface area contributed by atoms with Gasteiger partial charge in [-0.15, -0.1) is 0 Å². The summed E-state index contributed by atoms with van der Waals surface area (Å²) in [6.07, 6.45) is 2.66. The van der Waals surface area contributed by atoms with Gasteiger partial charge in [-0.2, -0.15) is 0 Å². The molecule has 1 aromatic rings. The predicted octanol–water partition coefficient (Wildman–Crippen LogP) is 2.04. The van der Waals surface area contributed by atoms with Gasteiger partial charge in [0.1, 0.15) is 5.76 Å². The van der Waals surface area contributed by atoms with E-state index in [0.29, 0.717) is 5.89 Å². The van der Waals surface area contributed by atoms with Gasteiger partial charge in [-0.3, -0.25) is 0 Å². The summed E-state index contributed by atoms with van der Waals surface area (Å²) in [6.45, 7) is 8.98. The standard InChI is InChI=1S/C12H22N2O2/c1-5-12(4,8-15)7-14-10(3)11-13-6-9(2)16-11/h6,10,14-15H,5,7-8H2,1-4H3. The highest BCUT2D eigenvalue weighted by Gasteiger charge is 2.22. The minimum atomic E-state index is -0.0735. The SMILES string of the molecule is CCC(C)(CO)CNC(C)c1ncc(C)o1. The smallest absolute Gasteiger partial charge is 0.211 e. The lowest BCUT2D eigenvalue weighted by atomic mass is 9.88. The van der Waals surface area contributed by atoms with Crippen LogP contribution < -0.4 is 5.32 Å². The number of nitrogens with zero attached hydrogens (tertiary/aromatic N) is 1. The second-order valence-corrected chi connectivity index (χ2v) is 4.73. The number of hydrogen-bond donors (Lipinski definition) is 2. The van der Waals surface area contributed by atoms with Crippen LogP contribution in [-0.4, -0.2) is 23.2 Å². The fourth-order valence-corrected chi connectivity index (χ4v) is 1.35. The number of aryl methyl sites for hydroxylation is 1. The molecule has 0 aromatic carbocycles. The van der Waals surface area contributed by atoms with Gasteiger partial charge in [0, 0.05) is 18.6 Å². The normalized spacial score (nSPS) is 17.1. The van der Waals surface area contributed by atoms with Gasteiger partial charge in [0.15, 0.2) is 0 Å². The molecule has 2 atom stereocenters. The van der Waals surface area contributed by atoms with Crippen LogP contribution in [0, 0.1) is 12.3 Å². The molecule has 4 nitrogen and oxygen atoms in total. The van der Waals surface area contributed by atoms with E-state index in [0.717, 1.165) is 18.7 Å². The summed E-state index contributed by atoms with van der Waals surface area (Å²) < 4.78 is 5.44. The second kappa shape index (κ2) is 5.46. The minimum absolute atomic E-state index is 0.0735. The first-order chi connectivity index (χ1) is 7.50. The fourth-order valence-electron chi connectivity index (χ4n) is 1.35. The van der Waals surface area contributed by atoms with Crippen LogP contribution >= 0.6 is 0 Å². The monoisotopic (exact) mass is 226 g/mol. The van der Waals surface area contributed by atoms with Gasteiger partial charge in [-0.25, -0.2) is 4.98 Å². The zero-order valence-electron chi connectivity index (χ0n) is 10.6. The maximum atomic E-state index is 9.29. The molecule has 4 heteroatoms. The van der Waals surface area contributed by atoms with E-state index < -0.39 is 0 Å². The molecule has 0 amide bonds. The Labute approximate surface area is 97.1 Å². The molecular formula is C12H22N2O2. The van der Waals surface area contributed by atoms with Crippen molar-refractivity contribution in [2.24, 2.45) is 5.41 Å². The largest absolute Gasteiger partial charge is 0.444 e. The summed E-state index contributed by atoms with van der Waals surface area (Å²) in [6, 6.07) is 0.0751. The first kappa shape index (κ1) is 13.2. The van der Waals surface area contributed by atoms with Crippen molar-refractivity contribution in [1.82, 2.24) is 10.3 Å². The molecule has 92 valence electrons. The highest BCUT2D eigenvalue weighted by Crippen LogP contribution is 2.20. The molecule has 1 aromatic heterocycles. The number of nitrogens with one attached hydrogen (secondary N) is 1. The van der Waals surface area contributed by atoms with Crippen LogP contribution in [-0.2, 0) is 0 Å². The first-order valence-electron chi connectivity index (χ1n) is 5.77. The Morgan fingerprint density at radius 3 is 2.75 bits per heavy atom. The first-order valence-corrected chi connectivity index (χ1v) is 5.77. The molecule has 0 aliphatic rings. The van der Waals surface area contributed by atoms with Crippen LogP contribution in [0.4, 0.5) is 0 Å².